The third-order valence-corrected chi connectivity index (χ3v) is 6.93. The summed E-state index contributed by atoms with van der Waals surface area (Å²) in [4.78, 5) is 2.94. The summed E-state index contributed by atoms with van der Waals surface area (Å²) in [5.41, 5.74) is 1.44. The summed E-state index contributed by atoms with van der Waals surface area (Å²) in [6.07, 6.45) is 0. The molecule has 0 fully saturated rings. The van der Waals surface area contributed by atoms with E-state index >= 15 is 0 Å². The van der Waals surface area contributed by atoms with Gasteiger partial charge in [-0.1, -0.05) is 48.3 Å². The van der Waals surface area contributed by atoms with Crippen LogP contribution in [-0.4, -0.2) is 0 Å². The first-order valence-corrected chi connectivity index (χ1v) is 9.17. The number of hydrogen-bond donors (Lipinski definition) is 0. The van der Waals surface area contributed by atoms with Crippen LogP contribution in [0.5, 0.6) is 0 Å². The predicted octanol–water partition coefficient (Wildman–Crippen LogP) is 6.79. The molecule has 1 unspecified atom stereocenters. The van der Waals surface area contributed by atoms with Crippen molar-refractivity contribution in [2.75, 3.05) is 0 Å². The van der Waals surface area contributed by atoms with E-state index in [4.69, 9.17) is 11.6 Å². The highest BCUT2D eigenvalue weighted by Gasteiger charge is 2.20. The van der Waals surface area contributed by atoms with Gasteiger partial charge in [-0.3, -0.25) is 0 Å². The maximum absolute atomic E-state index is 6.11. The van der Waals surface area contributed by atoms with E-state index < -0.39 is 0 Å². The van der Waals surface area contributed by atoms with Crippen LogP contribution in [0.4, 0.5) is 0 Å². The van der Waals surface area contributed by atoms with Crippen LogP contribution in [0.15, 0.2) is 30.3 Å². The minimum Gasteiger partial charge on any atom is -0.143 e. The van der Waals surface area contributed by atoms with Crippen molar-refractivity contribution in [1.29, 1.82) is 0 Å². The Morgan fingerprint density at radius 3 is 2.47 bits per heavy atom. The largest absolute Gasteiger partial charge is 0.143 e. The van der Waals surface area contributed by atoms with Crippen molar-refractivity contribution in [3.63, 3.8) is 0 Å². The number of hydrogen-bond acceptors (Lipinski definition) is 1. The Hall–Kier alpha value is 0.420. The second-order valence-electron chi connectivity index (χ2n) is 5.48. The van der Waals surface area contributed by atoms with E-state index in [1.807, 2.05) is 23.5 Å². The lowest BCUT2D eigenvalue weighted by Crippen LogP contribution is -2.07. The van der Waals surface area contributed by atoms with Gasteiger partial charge in [-0.2, -0.15) is 0 Å². The van der Waals surface area contributed by atoms with Crippen LogP contribution < -0.4 is 0 Å². The smallest absolute Gasteiger partial charge is 0.0748 e. The van der Waals surface area contributed by atoms with E-state index in [9.17, 15) is 0 Å². The fourth-order valence-electron chi connectivity index (χ4n) is 1.75. The molecule has 0 saturated carbocycles. The molecule has 0 aliphatic carbocycles. The molecule has 0 aliphatic heterocycles. The van der Waals surface area contributed by atoms with E-state index in [-0.39, 0.29) is 10.2 Å². The van der Waals surface area contributed by atoms with Crippen molar-refractivity contribution in [3.05, 3.63) is 54.2 Å². The lowest BCUT2D eigenvalue weighted by atomic mass is 9.95. The van der Waals surface area contributed by atoms with Crippen molar-refractivity contribution >= 4 is 61.5 Å². The third-order valence-electron chi connectivity index (χ3n) is 2.85. The van der Waals surface area contributed by atoms with Crippen molar-refractivity contribution in [3.8, 4) is 0 Å². The van der Waals surface area contributed by atoms with Crippen LogP contribution >= 0.6 is 61.5 Å². The minimum atomic E-state index is 0.205. The topological polar surface area (TPSA) is 0 Å². The molecule has 1 aromatic carbocycles. The molecule has 4 heteroatoms. The number of alkyl halides is 1. The van der Waals surface area contributed by atoms with Crippen LogP contribution in [-0.2, 0) is 5.41 Å². The molecule has 0 N–H and O–H groups in total. The van der Waals surface area contributed by atoms with E-state index in [1.165, 1.54) is 18.9 Å². The Morgan fingerprint density at radius 1 is 1.21 bits per heavy atom. The van der Waals surface area contributed by atoms with Gasteiger partial charge < -0.3 is 0 Å². The van der Waals surface area contributed by atoms with Crippen molar-refractivity contribution < 1.29 is 0 Å². The molecule has 0 saturated heterocycles. The number of rotatable bonds is 2. The van der Waals surface area contributed by atoms with Crippen molar-refractivity contribution in [2.24, 2.45) is 0 Å². The zero-order chi connectivity index (χ0) is 14.2. The average Bonchev–Trinajstić information content (AvgIpc) is 2.80. The molecule has 0 radical (unpaired) electrons. The normalized spacial score (nSPS) is 13.6. The van der Waals surface area contributed by atoms with Crippen molar-refractivity contribution in [1.82, 2.24) is 0 Å². The minimum absolute atomic E-state index is 0.205. The molecule has 0 aliphatic rings. The van der Waals surface area contributed by atoms with E-state index in [1.54, 1.807) is 0 Å². The summed E-state index contributed by atoms with van der Waals surface area (Å²) in [6, 6.07) is 10.5. The van der Waals surface area contributed by atoms with Gasteiger partial charge >= 0.3 is 0 Å². The zero-order valence-electron chi connectivity index (χ0n) is 11.0. The standard InChI is InChI=1S/C15H15BrClIS/c1-15(2,3)13-7-6-12(19-13)14(16)10-8-9(17)4-5-11(10)18/h4-8,14H,1-3H3. The molecule has 1 aromatic heterocycles. The molecule has 1 heterocycles. The molecule has 2 rings (SSSR count). The predicted molar refractivity (Wildman–Crippen MR) is 98.0 cm³/mol. The molecule has 0 nitrogen and oxygen atoms in total. The fourth-order valence-corrected chi connectivity index (χ4v) is 4.88. The van der Waals surface area contributed by atoms with Crippen LogP contribution in [0, 0.1) is 3.57 Å². The highest BCUT2D eigenvalue weighted by Crippen LogP contribution is 2.40. The summed E-state index contributed by atoms with van der Waals surface area (Å²) >= 11 is 14.1. The number of thiophene rings is 1. The first-order chi connectivity index (χ1) is 8.79. The van der Waals surface area contributed by atoms with Gasteiger partial charge in [0.2, 0.25) is 0 Å². The van der Waals surface area contributed by atoms with E-state index in [0.29, 0.717) is 0 Å². The molecule has 1 atom stereocenters. The molecular weight excluding hydrogens is 454 g/mol. The first kappa shape index (κ1) is 15.8. The monoisotopic (exact) mass is 468 g/mol. The third kappa shape index (κ3) is 3.74. The fraction of sp³-hybridized carbons (Fsp3) is 0.333. The maximum Gasteiger partial charge on any atom is 0.0748 e. The second kappa shape index (κ2) is 6.04. The average molecular weight is 470 g/mol. The molecule has 0 amide bonds. The molecule has 0 bridgehead atoms. The van der Waals surface area contributed by atoms with Crippen molar-refractivity contribution in [2.45, 2.75) is 31.0 Å². The van der Waals surface area contributed by atoms with Crippen LogP contribution in [0.3, 0.4) is 0 Å². The van der Waals surface area contributed by atoms with Gasteiger partial charge in [-0.15, -0.1) is 11.3 Å². The molecule has 19 heavy (non-hydrogen) atoms. The Balaban J connectivity index is 2.36. The first-order valence-electron chi connectivity index (χ1n) is 5.98. The summed E-state index contributed by atoms with van der Waals surface area (Å²) in [5, 5.41) is 0.785. The molecular formula is C15H15BrClIS. The van der Waals surface area contributed by atoms with Crippen LogP contribution in [0.2, 0.25) is 5.02 Å². The maximum atomic E-state index is 6.11. The van der Waals surface area contributed by atoms with Gasteiger partial charge in [0.1, 0.15) is 0 Å². The van der Waals surface area contributed by atoms with Crippen LogP contribution in [0.25, 0.3) is 0 Å². The highest BCUT2D eigenvalue weighted by atomic mass is 127. The van der Waals surface area contributed by atoms with Gasteiger partial charge in [-0.05, 0) is 63.9 Å². The Kier molecular flexibility index (Phi) is 5.02. The lowest BCUT2D eigenvalue weighted by molar-refractivity contribution is 0.604. The molecule has 0 spiro atoms. The lowest BCUT2D eigenvalue weighted by Gasteiger charge is -2.16. The Morgan fingerprint density at radius 2 is 1.89 bits per heavy atom. The second-order valence-corrected chi connectivity index (χ2v) is 9.11. The summed E-state index contributed by atoms with van der Waals surface area (Å²) in [7, 11) is 0. The summed E-state index contributed by atoms with van der Waals surface area (Å²) < 4.78 is 1.23. The highest BCUT2D eigenvalue weighted by molar-refractivity contribution is 14.1. The molecule has 2 aromatic rings. The Bertz CT molecular complexity index is 586. The zero-order valence-corrected chi connectivity index (χ0v) is 16.3. The van der Waals surface area contributed by atoms with Gasteiger partial charge in [0, 0.05) is 18.3 Å². The van der Waals surface area contributed by atoms with Gasteiger partial charge in [0.15, 0.2) is 0 Å². The Labute approximate surface area is 145 Å². The van der Waals surface area contributed by atoms with E-state index in [0.717, 1.165) is 5.02 Å². The summed E-state index contributed by atoms with van der Waals surface area (Å²) in [5.74, 6) is 0. The van der Waals surface area contributed by atoms with E-state index in [2.05, 4.69) is 77.5 Å². The molecule has 102 valence electrons. The quantitative estimate of drug-likeness (QED) is 0.336. The van der Waals surface area contributed by atoms with Gasteiger partial charge in [0.25, 0.3) is 0 Å². The van der Waals surface area contributed by atoms with Gasteiger partial charge in [-0.25, -0.2) is 0 Å². The van der Waals surface area contributed by atoms with Gasteiger partial charge in [0.05, 0.1) is 4.83 Å². The van der Waals surface area contributed by atoms with Crippen LogP contribution in [0.1, 0.15) is 40.9 Å². The number of benzene rings is 1. The summed E-state index contributed by atoms with van der Waals surface area (Å²) in [6.45, 7) is 6.74. The SMILES string of the molecule is CC(C)(C)c1ccc(C(Br)c2cc(Cl)ccc2I)s1. The number of halogens is 3.